The Morgan fingerprint density at radius 3 is 2.70 bits per heavy atom. The van der Waals surface area contributed by atoms with Crippen LogP contribution in [0, 0.1) is 0 Å². The number of carbonyl (C=O) groups excluding carboxylic acids is 1. The zero-order valence-corrected chi connectivity index (χ0v) is 11.3. The summed E-state index contributed by atoms with van der Waals surface area (Å²) in [5, 5.41) is 4.65. The molecule has 20 heavy (non-hydrogen) atoms. The van der Waals surface area contributed by atoms with E-state index in [0.29, 0.717) is 5.75 Å². The number of hydrogen-bond donors (Lipinski definition) is 2. The van der Waals surface area contributed by atoms with E-state index in [2.05, 4.69) is 5.32 Å². The van der Waals surface area contributed by atoms with Crippen molar-refractivity contribution in [3.8, 4) is 5.75 Å². The zero-order valence-electron chi connectivity index (χ0n) is 11.3. The van der Waals surface area contributed by atoms with Crippen LogP contribution in [0.2, 0.25) is 0 Å². The number of rotatable bonds is 6. The summed E-state index contributed by atoms with van der Waals surface area (Å²) in [5.74, 6) is 0.156. The standard InChI is InChI=1S/C13H17F3N2O2/c1-9(10-4-3-5-11(6-10)20-2)18-12(19)7-17-8-13(14,15)16/h3-6,9,17H,7-8H2,1-2H3,(H,18,19). The van der Waals surface area contributed by atoms with Gasteiger partial charge in [-0.15, -0.1) is 0 Å². The third-order valence-corrected chi connectivity index (χ3v) is 2.58. The predicted molar refractivity (Wildman–Crippen MR) is 68.5 cm³/mol. The highest BCUT2D eigenvalue weighted by Gasteiger charge is 2.26. The normalized spacial score (nSPS) is 12.8. The minimum absolute atomic E-state index is 0.315. The Kier molecular flexibility index (Phi) is 5.82. The Hall–Kier alpha value is -1.76. The van der Waals surface area contributed by atoms with Gasteiger partial charge in [0.05, 0.1) is 26.2 Å². The lowest BCUT2D eigenvalue weighted by molar-refractivity contribution is -0.128. The summed E-state index contributed by atoms with van der Waals surface area (Å²) in [6.45, 7) is 0.179. The van der Waals surface area contributed by atoms with Gasteiger partial charge in [0, 0.05) is 0 Å². The summed E-state index contributed by atoms with van der Waals surface area (Å²) in [7, 11) is 1.53. The van der Waals surface area contributed by atoms with E-state index >= 15 is 0 Å². The Labute approximate surface area is 115 Å². The molecule has 0 saturated heterocycles. The number of nitrogens with one attached hydrogen (secondary N) is 2. The van der Waals surface area contributed by atoms with Crippen LogP contribution in [-0.4, -0.2) is 32.3 Å². The second kappa shape index (κ2) is 7.14. The highest BCUT2D eigenvalue weighted by Crippen LogP contribution is 2.18. The van der Waals surface area contributed by atoms with Gasteiger partial charge >= 0.3 is 6.18 Å². The second-order valence-electron chi connectivity index (χ2n) is 4.28. The van der Waals surface area contributed by atoms with Crippen molar-refractivity contribution in [2.75, 3.05) is 20.2 Å². The lowest BCUT2D eigenvalue weighted by Gasteiger charge is -2.15. The molecule has 0 bridgehead atoms. The van der Waals surface area contributed by atoms with Crippen LogP contribution in [0.1, 0.15) is 18.5 Å². The minimum atomic E-state index is -4.32. The maximum Gasteiger partial charge on any atom is 0.401 e. The third-order valence-electron chi connectivity index (χ3n) is 2.58. The maximum absolute atomic E-state index is 11.9. The topological polar surface area (TPSA) is 50.4 Å². The van der Waals surface area contributed by atoms with Crippen LogP contribution in [-0.2, 0) is 4.79 Å². The molecule has 1 unspecified atom stereocenters. The largest absolute Gasteiger partial charge is 0.497 e. The smallest absolute Gasteiger partial charge is 0.401 e. The van der Waals surface area contributed by atoms with E-state index in [-0.39, 0.29) is 12.6 Å². The first-order chi connectivity index (χ1) is 9.31. The van der Waals surface area contributed by atoms with Gasteiger partial charge in [0.2, 0.25) is 5.91 Å². The van der Waals surface area contributed by atoms with E-state index in [4.69, 9.17) is 4.74 Å². The molecular weight excluding hydrogens is 273 g/mol. The summed E-state index contributed by atoms with van der Waals surface area (Å²) in [4.78, 5) is 11.5. The fraction of sp³-hybridized carbons (Fsp3) is 0.462. The SMILES string of the molecule is COc1cccc(C(C)NC(=O)CNCC(F)(F)F)c1. The van der Waals surface area contributed by atoms with Gasteiger partial charge in [0.25, 0.3) is 0 Å². The summed E-state index contributed by atoms with van der Waals surface area (Å²) in [6.07, 6.45) is -4.32. The molecule has 0 spiro atoms. The van der Waals surface area contributed by atoms with E-state index in [1.807, 2.05) is 5.32 Å². The number of alkyl halides is 3. The zero-order chi connectivity index (χ0) is 15.2. The fourth-order valence-electron chi connectivity index (χ4n) is 1.60. The first-order valence-electron chi connectivity index (χ1n) is 6.02. The molecule has 0 radical (unpaired) electrons. The van der Waals surface area contributed by atoms with Crippen molar-refractivity contribution in [1.29, 1.82) is 0 Å². The molecule has 0 aliphatic heterocycles. The highest BCUT2D eigenvalue weighted by atomic mass is 19.4. The first-order valence-corrected chi connectivity index (χ1v) is 6.02. The van der Waals surface area contributed by atoms with Crippen LogP contribution in [0.3, 0.4) is 0 Å². The quantitative estimate of drug-likeness (QED) is 0.843. The first kappa shape index (κ1) is 16.3. The molecule has 0 fully saturated rings. The van der Waals surface area contributed by atoms with Crippen molar-refractivity contribution in [3.05, 3.63) is 29.8 Å². The number of halogens is 3. The van der Waals surface area contributed by atoms with Crippen LogP contribution in [0.5, 0.6) is 5.75 Å². The molecule has 0 heterocycles. The average Bonchev–Trinajstić information content (AvgIpc) is 2.37. The van der Waals surface area contributed by atoms with E-state index in [9.17, 15) is 18.0 Å². The number of carbonyl (C=O) groups is 1. The lowest BCUT2D eigenvalue weighted by atomic mass is 10.1. The van der Waals surface area contributed by atoms with Gasteiger partial charge < -0.3 is 15.4 Å². The molecule has 1 amide bonds. The highest BCUT2D eigenvalue weighted by molar-refractivity contribution is 5.78. The van der Waals surface area contributed by atoms with Crippen molar-refractivity contribution in [3.63, 3.8) is 0 Å². The molecule has 1 aromatic carbocycles. The molecule has 1 atom stereocenters. The van der Waals surface area contributed by atoms with E-state index in [1.165, 1.54) is 7.11 Å². The predicted octanol–water partition coefficient (Wildman–Crippen LogP) is 2.02. The minimum Gasteiger partial charge on any atom is -0.497 e. The summed E-state index contributed by atoms with van der Waals surface area (Å²) in [6, 6.07) is 6.79. The number of amides is 1. The van der Waals surface area contributed by atoms with E-state index in [0.717, 1.165) is 5.56 Å². The maximum atomic E-state index is 11.9. The Balaban J connectivity index is 2.44. The molecule has 4 nitrogen and oxygen atoms in total. The van der Waals surface area contributed by atoms with Gasteiger partial charge in [-0.1, -0.05) is 12.1 Å². The number of methoxy groups -OCH3 is 1. The van der Waals surface area contributed by atoms with Crippen molar-refractivity contribution in [2.24, 2.45) is 0 Å². The summed E-state index contributed by atoms with van der Waals surface area (Å²) < 4.78 is 40.8. The van der Waals surface area contributed by atoms with Gasteiger partial charge in [-0.3, -0.25) is 4.79 Å². The molecule has 7 heteroatoms. The molecular formula is C13H17F3N2O2. The molecule has 1 aromatic rings. The van der Waals surface area contributed by atoms with E-state index in [1.54, 1.807) is 31.2 Å². The molecule has 0 aromatic heterocycles. The van der Waals surface area contributed by atoms with Gasteiger partial charge in [0.15, 0.2) is 0 Å². The van der Waals surface area contributed by atoms with Crippen molar-refractivity contribution in [1.82, 2.24) is 10.6 Å². The van der Waals surface area contributed by atoms with Crippen molar-refractivity contribution in [2.45, 2.75) is 19.1 Å². The van der Waals surface area contributed by atoms with Gasteiger partial charge in [-0.05, 0) is 24.6 Å². The molecule has 112 valence electrons. The monoisotopic (exact) mass is 290 g/mol. The molecule has 2 N–H and O–H groups in total. The average molecular weight is 290 g/mol. The van der Waals surface area contributed by atoms with Crippen molar-refractivity contribution >= 4 is 5.91 Å². The van der Waals surface area contributed by atoms with Gasteiger partial charge in [-0.2, -0.15) is 13.2 Å². The molecule has 0 saturated carbocycles. The molecule has 0 aliphatic carbocycles. The number of hydrogen-bond acceptors (Lipinski definition) is 3. The van der Waals surface area contributed by atoms with Crippen LogP contribution in [0.15, 0.2) is 24.3 Å². The van der Waals surface area contributed by atoms with Crippen LogP contribution >= 0.6 is 0 Å². The second-order valence-corrected chi connectivity index (χ2v) is 4.28. The van der Waals surface area contributed by atoms with Gasteiger partial charge in [-0.25, -0.2) is 0 Å². The Morgan fingerprint density at radius 2 is 2.10 bits per heavy atom. The fourth-order valence-corrected chi connectivity index (χ4v) is 1.60. The van der Waals surface area contributed by atoms with Crippen molar-refractivity contribution < 1.29 is 22.7 Å². The van der Waals surface area contributed by atoms with E-state index < -0.39 is 18.6 Å². The summed E-state index contributed by atoms with van der Waals surface area (Å²) >= 11 is 0. The lowest BCUT2D eigenvalue weighted by Crippen LogP contribution is -2.39. The van der Waals surface area contributed by atoms with Crippen LogP contribution in [0.4, 0.5) is 13.2 Å². The number of benzene rings is 1. The van der Waals surface area contributed by atoms with Gasteiger partial charge in [0.1, 0.15) is 5.75 Å². The third kappa shape index (κ3) is 5.92. The molecule has 0 aliphatic rings. The number of ether oxygens (including phenoxy) is 1. The van der Waals surface area contributed by atoms with Crippen LogP contribution < -0.4 is 15.4 Å². The Morgan fingerprint density at radius 1 is 1.40 bits per heavy atom. The van der Waals surface area contributed by atoms with Crippen LogP contribution in [0.25, 0.3) is 0 Å². The summed E-state index contributed by atoms with van der Waals surface area (Å²) in [5.41, 5.74) is 0.813. The molecule has 1 rings (SSSR count). The Bertz CT molecular complexity index is 449.